The quantitative estimate of drug-likeness (QED) is 0.228. The average molecular weight is 568 g/mol. The van der Waals surface area contributed by atoms with Crippen LogP contribution < -0.4 is 15.4 Å². The topological polar surface area (TPSA) is 154 Å². The van der Waals surface area contributed by atoms with Crippen LogP contribution in [-0.4, -0.2) is 56.3 Å². The smallest absolute Gasteiger partial charge is 0.416 e. The van der Waals surface area contributed by atoms with Gasteiger partial charge in [0, 0.05) is 12.1 Å². The zero-order valence-corrected chi connectivity index (χ0v) is 21.7. The first-order chi connectivity index (χ1) is 18.6. The number of carbonyl (C=O) groups excluding carboxylic acids is 3. The number of amides is 2. The van der Waals surface area contributed by atoms with E-state index >= 15 is 0 Å². The van der Waals surface area contributed by atoms with E-state index in [1.165, 1.54) is 24.3 Å². The Labute approximate surface area is 222 Å². The van der Waals surface area contributed by atoms with Crippen molar-refractivity contribution in [2.45, 2.75) is 44.6 Å². The molecule has 1 heterocycles. The summed E-state index contributed by atoms with van der Waals surface area (Å²) in [5.74, 6) is -2.25. The fourth-order valence-corrected chi connectivity index (χ4v) is 4.82. The van der Waals surface area contributed by atoms with E-state index in [1.807, 2.05) is 6.92 Å². The highest BCUT2D eigenvalue weighted by molar-refractivity contribution is 7.90. The molecule has 0 bridgehead atoms. The lowest BCUT2D eigenvalue weighted by Crippen LogP contribution is -2.43. The molecule has 0 aliphatic heterocycles. The van der Waals surface area contributed by atoms with Crippen molar-refractivity contribution in [3.8, 4) is 5.75 Å². The van der Waals surface area contributed by atoms with Crippen molar-refractivity contribution in [1.82, 2.24) is 15.6 Å². The number of nitrogens with zero attached hydrogens (tertiary/aromatic N) is 1. The number of alkyl carbamates (subject to hydrolysis) is 2. The van der Waals surface area contributed by atoms with Crippen molar-refractivity contribution in [2.75, 3.05) is 12.3 Å². The van der Waals surface area contributed by atoms with Gasteiger partial charge in [0.1, 0.15) is 17.3 Å². The minimum absolute atomic E-state index is 0.0292. The molecule has 14 heteroatoms. The van der Waals surface area contributed by atoms with Gasteiger partial charge in [-0.2, -0.15) is 8.78 Å². The van der Waals surface area contributed by atoms with Crippen molar-refractivity contribution in [1.29, 1.82) is 0 Å². The van der Waals surface area contributed by atoms with Gasteiger partial charge in [-0.3, -0.25) is 4.79 Å². The fraction of sp³-hybridized carbons (Fsp3) is 0.360. The number of alkyl halides is 2. The van der Waals surface area contributed by atoms with Gasteiger partial charge in [0.15, 0.2) is 15.4 Å². The minimum Gasteiger partial charge on any atom is -0.435 e. The third-order valence-corrected chi connectivity index (χ3v) is 6.97. The summed E-state index contributed by atoms with van der Waals surface area (Å²) in [4.78, 5) is 41.3. The molecule has 0 fully saturated rings. The Morgan fingerprint density at radius 1 is 1.05 bits per heavy atom. The summed E-state index contributed by atoms with van der Waals surface area (Å²) in [7, 11) is -3.86. The molecule has 1 aromatic heterocycles. The van der Waals surface area contributed by atoms with Gasteiger partial charge in [0.25, 0.3) is 5.89 Å². The lowest BCUT2D eigenvalue weighted by atomic mass is 10.1. The van der Waals surface area contributed by atoms with E-state index in [4.69, 9.17) is 4.42 Å². The van der Waals surface area contributed by atoms with Crippen LogP contribution in [-0.2, 0) is 20.3 Å². The second-order valence-corrected chi connectivity index (χ2v) is 10.6. The number of aromatic nitrogens is 1. The number of ketones is 1. The number of Topliss-reactive ketones (excluding diaryl/α,β-unsaturated/α-hetero) is 1. The first kappa shape index (κ1) is 29.5. The second-order valence-electron chi connectivity index (χ2n) is 8.37. The molecule has 2 amide bonds. The summed E-state index contributed by atoms with van der Waals surface area (Å²) in [5.41, 5.74) is 0.899. The highest BCUT2D eigenvalue weighted by atomic mass is 32.2. The Morgan fingerprint density at radius 3 is 2.49 bits per heavy atom. The lowest BCUT2D eigenvalue weighted by molar-refractivity contribution is -0.0503. The summed E-state index contributed by atoms with van der Waals surface area (Å²) < 4.78 is 64.3. The maximum atomic E-state index is 12.9. The number of fused-ring (bicyclic) bond motifs is 1. The molecule has 3 rings (SSSR count). The zero-order valence-electron chi connectivity index (χ0n) is 20.9. The lowest BCUT2D eigenvalue weighted by Gasteiger charge is -2.15. The number of benzene rings is 2. The molecular formula is C25H27F2N3O8S. The molecule has 3 aromatic rings. The predicted octanol–water partition coefficient (Wildman–Crippen LogP) is 4.22. The molecule has 0 radical (unpaired) electrons. The number of sulfone groups is 1. The molecule has 2 N–H and O–H groups in total. The van der Waals surface area contributed by atoms with Crippen LogP contribution in [0.4, 0.5) is 18.4 Å². The maximum Gasteiger partial charge on any atom is 0.416 e. The standard InChI is InChI=1S/C25H27F2N3O8S/c1-2-3-9-18(21(31)22-29-17-10-5-7-12-20(17)36-22)30-25(33)38-24(32)28-13-14-39(34,35)15-16-8-4-6-11-19(16)37-23(26)27/h4-8,10-12,18,23H,2-3,9,13-15H2,1H3,(H,28,32)(H,30,33)/t18-/m0/s1. The first-order valence-electron chi connectivity index (χ1n) is 12.0. The van der Waals surface area contributed by atoms with Crippen molar-refractivity contribution in [3.63, 3.8) is 0 Å². The summed E-state index contributed by atoms with van der Waals surface area (Å²) in [6.07, 6.45) is -0.930. The van der Waals surface area contributed by atoms with Gasteiger partial charge < -0.3 is 24.5 Å². The van der Waals surface area contributed by atoms with Gasteiger partial charge in [-0.05, 0) is 24.6 Å². The largest absolute Gasteiger partial charge is 0.435 e. The number of rotatable bonds is 13. The monoisotopic (exact) mass is 567 g/mol. The van der Waals surface area contributed by atoms with Crippen molar-refractivity contribution in [3.05, 3.63) is 60.0 Å². The fourth-order valence-electron chi connectivity index (χ4n) is 3.55. The van der Waals surface area contributed by atoms with Gasteiger partial charge in [0.2, 0.25) is 5.78 Å². The molecule has 0 aliphatic rings. The summed E-state index contributed by atoms with van der Waals surface area (Å²) in [6.45, 7) is -1.65. The van der Waals surface area contributed by atoms with E-state index < -0.39 is 58.5 Å². The van der Waals surface area contributed by atoms with Crippen LogP contribution in [0.5, 0.6) is 5.75 Å². The molecule has 1 atom stereocenters. The molecule has 11 nitrogen and oxygen atoms in total. The third-order valence-electron chi connectivity index (χ3n) is 5.39. The van der Waals surface area contributed by atoms with Gasteiger partial charge in [-0.15, -0.1) is 0 Å². The van der Waals surface area contributed by atoms with E-state index in [2.05, 4.69) is 25.1 Å². The minimum atomic E-state index is -3.86. The number of para-hydroxylation sites is 3. The molecule has 0 saturated carbocycles. The summed E-state index contributed by atoms with van der Waals surface area (Å²) in [5, 5.41) is 4.45. The van der Waals surface area contributed by atoms with Gasteiger partial charge >= 0.3 is 18.8 Å². The van der Waals surface area contributed by atoms with E-state index in [-0.39, 0.29) is 23.6 Å². The number of halogens is 2. The van der Waals surface area contributed by atoms with Crippen molar-refractivity contribution < 1.29 is 45.5 Å². The highest BCUT2D eigenvalue weighted by Crippen LogP contribution is 2.22. The van der Waals surface area contributed by atoms with Crippen LogP contribution >= 0.6 is 0 Å². The van der Waals surface area contributed by atoms with E-state index in [0.29, 0.717) is 17.5 Å². The van der Waals surface area contributed by atoms with Gasteiger partial charge in [-0.25, -0.2) is 23.0 Å². The molecule has 0 unspecified atom stereocenters. The van der Waals surface area contributed by atoms with E-state index in [0.717, 1.165) is 6.42 Å². The Balaban J connectivity index is 1.51. The van der Waals surface area contributed by atoms with Crippen LogP contribution in [0.2, 0.25) is 0 Å². The first-order valence-corrected chi connectivity index (χ1v) is 13.8. The van der Waals surface area contributed by atoms with Crippen LogP contribution in [0.25, 0.3) is 11.1 Å². The van der Waals surface area contributed by atoms with Crippen LogP contribution in [0, 0.1) is 0 Å². The van der Waals surface area contributed by atoms with Crippen LogP contribution in [0.3, 0.4) is 0 Å². The van der Waals surface area contributed by atoms with Crippen LogP contribution in [0.15, 0.2) is 52.9 Å². The second kappa shape index (κ2) is 13.6. The number of nitrogens with one attached hydrogen (secondary N) is 2. The molecule has 0 saturated heterocycles. The van der Waals surface area contributed by atoms with Gasteiger partial charge in [0.05, 0.1) is 11.5 Å². The molecule has 0 aliphatic carbocycles. The SMILES string of the molecule is CCCC[C@H](NC(=O)OC(=O)NCCS(=O)(=O)Cc1ccccc1OC(F)F)C(=O)c1nc2ccccc2o1. The highest BCUT2D eigenvalue weighted by Gasteiger charge is 2.27. The molecule has 39 heavy (non-hydrogen) atoms. The summed E-state index contributed by atoms with van der Waals surface area (Å²) >= 11 is 0. The Bertz CT molecular complexity index is 1380. The molecule has 0 spiro atoms. The van der Waals surface area contributed by atoms with E-state index in [1.54, 1.807) is 24.3 Å². The van der Waals surface area contributed by atoms with Crippen molar-refractivity contribution in [2.24, 2.45) is 0 Å². The van der Waals surface area contributed by atoms with Crippen molar-refractivity contribution >= 4 is 38.9 Å². The third kappa shape index (κ3) is 9.02. The number of ether oxygens (including phenoxy) is 2. The zero-order chi connectivity index (χ0) is 28.4. The maximum absolute atomic E-state index is 12.9. The van der Waals surface area contributed by atoms with Gasteiger partial charge in [-0.1, -0.05) is 50.1 Å². The number of unbranched alkanes of at least 4 members (excludes halogenated alkanes) is 1. The number of oxazole rings is 1. The predicted molar refractivity (Wildman–Crippen MR) is 135 cm³/mol. The molecule has 210 valence electrons. The Kier molecular flexibility index (Phi) is 10.3. The summed E-state index contributed by atoms with van der Waals surface area (Å²) in [6, 6.07) is 11.1. The Hall–Kier alpha value is -4.07. The Morgan fingerprint density at radius 2 is 1.77 bits per heavy atom. The number of hydrogen-bond acceptors (Lipinski definition) is 9. The average Bonchev–Trinajstić information content (AvgIpc) is 3.31. The number of hydrogen-bond donors (Lipinski definition) is 2. The van der Waals surface area contributed by atoms with E-state index in [9.17, 15) is 31.6 Å². The normalized spacial score (nSPS) is 12.2. The molecular weight excluding hydrogens is 540 g/mol. The van der Waals surface area contributed by atoms with Crippen LogP contribution in [0.1, 0.15) is 42.4 Å². The number of carbonyl (C=O) groups is 3. The molecule has 2 aromatic carbocycles.